The van der Waals surface area contributed by atoms with E-state index in [9.17, 15) is 4.39 Å². The molecule has 1 fully saturated rings. The maximum atomic E-state index is 13.4. The minimum atomic E-state index is -0.433. The fourth-order valence-electron chi connectivity index (χ4n) is 2.96. The third-order valence-corrected chi connectivity index (χ3v) is 3.99. The van der Waals surface area contributed by atoms with Gasteiger partial charge in [0.25, 0.3) is 0 Å². The second-order valence-corrected chi connectivity index (χ2v) is 5.81. The molecule has 1 aliphatic heterocycles. The first-order valence-corrected chi connectivity index (χ1v) is 7.87. The molecule has 4 heteroatoms. The Morgan fingerprint density at radius 2 is 2.29 bits per heavy atom. The summed E-state index contributed by atoms with van der Waals surface area (Å²) in [5.41, 5.74) is 1.15. The quantitative estimate of drug-likeness (QED) is 0.875. The Kier molecular flexibility index (Phi) is 6.16. The highest BCUT2D eigenvalue weighted by atomic mass is 19.1. The molecule has 1 saturated heterocycles. The summed E-state index contributed by atoms with van der Waals surface area (Å²) in [5, 5.41) is 12.5. The van der Waals surface area contributed by atoms with E-state index < -0.39 is 5.82 Å². The van der Waals surface area contributed by atoms with Gasteiger partial charge in [-0.2, -0.15) is 5.26 Å². The van der Waals surface area contributed by atoms with Gasteiger partial charge >= 0.3 is 0 Å². The standard InChI is InChI=1S/C17H24FN3/c1-2-9-21(13-16-5-3-4-8-20-16)12-14-6-7-17(18)15(10-14)11-19/h6-7,10,16,20H,2-5,8-9,12-13H2,1H3. The molecular weight excluding hydrogens is 265 g/mol. The van der Waals surface area contributed by atoms with Gasteiger partial charge in [0.05, 0.1) is 5.56 Å². The van der Waals surface area contributed by atoms with Gasteiger partial charge in [-0.15, -0.1) is 0 Å². The smallest absolute Gasteiger partial charge is 0.140 e. The van der Waals surface area contributed by atoms with Gasteiger partial charge in [0.1, 0.15) is 11.9 Å². The first kappa shape index (κ1) is 15.9. The fraction of sp³-hybridized carbons (Fsp3) is 0.588. The average Bonchev–Trinajstić information content (AvgIpc) is 2.50. The summed E-state index contributed by atoms with van der Waals surface area (Å²) in [6.45, 7) is 6.11. The van der Waals surface area contributed by atoms with E-state index in [-0.39, 0.29) is 5.56 Å². The lowest BCUT2D eigenvalue weighted by molar-refractivity contribution is 0.217. The molecule has 0 bridgehead atoms. The van der Waals surface area contributed by atoms with Crippen molar-refractivity contribution in [2.45, 2.75) is 45.2 Å². The summed E-state index contributed by atoms with van der Waals surface area (Å²) in [6, 6.07) is 7.33. The van der Waals surface area contributed by atoms with Crippen molar-refractivity contribution in [2.24, 2.45) is 0 Å². The molecule has 1 heterocycles. The lowest BCUT2D eigenvalue weighted by atomic mass is 10.0. The van der Waals surface area contributed by atoms with Gasteiger partial charge in [-0.1, -0.05) is 19.4 Å². The zero-order valence-corrected chi connectivity index (χ0v) is 12.7. The molecule has 1 aromatic carbocycles. The van der Waals surface area contributed by atoms with Crippen molar-refractivity contribution in [2.75, 3.05) is 19.6 Å². The summed E-state index contributed by atoms with van der Waals surface area (Å²) in [5.74, 6) is -0.433. The second kappa shape index (κ2) is 8.11. The number of benzene rings is 1. The van der Waals surface area contributed by atoms with Gasteiger partial charge in [0, 0.05) is 19.1 Å². The Morgan fingerprint density at radius 1 is 1.43 bits per heavy atom. The average molecular weight is 289 g/mol. The molecule has 21 heavy (non-hydrogen) atoms. The van der Waals surface area contributed by atoms with E-state index in [1.165, 1.54) is 25.3 Å². The number of halogens is 1. The highest BCUT2D eigenvalue weighted by Gasteiger charge is 2.16. The van der Waals surface area contributed by atoms with Crippen molar-refractivity contribution in [3.63, 3.8) is 0 Å². The summed E-state index contributed by atoms with van der Waals surface area (Å²) >= 11 is 0. The molecule has 0 aliphatic carbocycles. The van der Waals surface area contributed by atoms with Crippen molar-refractivity contribution >= 4 is 0 Å². The van der Waals surface area contributed by atoms with Gasteiger partial charge in [-0.25, -0.2) is 4.39 Å². The summed E-state index contributed by atoms with van der Waals surface area (Å²) in [7, 11) is 0. The highest BCUT2D eigenvalue weighted by molar-refractivity contribution is 5.34. The van der Waals surface area contributed by atoms with Gasteiger partial charge < -0.3 is 5.32 Å². The fourth-order valence-corrected chi connectivity index (χ4v) is 2.96. The third kappa shape index (κ3) is 4.80. The molecule has 0 aromatic heterocycles. The van der Waals surface area contributed by atoms with Gasteiger partial charge in [0.2, 0.25) is 0 Å². The monoisotopic (exact) mass is 289 g/mol. The van der Waals surface area contributed by atoms with E-state index in [0.717, 1.165) is 38.2 Å². The topological polar surface area (TPSA) is 39.1 Å². The van der Waals surface area contributed by atoms with Crippen LogP contribution in [-0.2, 0) is 6.54 Å². The molecule has 2 rings (SSSR count). The SMILES string of the molecule is CCCN(Cc1ccc(F)c(C#N)c1)CC1CCCCN1. The van der Waals surface area contributed by atoms with Crippen LogP contribution in [0, 0.1) is 17.1 Å². The van der Waals surface area contributed by atoms with Crippen LogP contribution in [0.25, 0.3) is 0 Å². The zero-order valence-electron chi connectivity index (χ0n) is 12.7. The molecule has 1 atom stereocenters. The van der Waals surface area contributed by atoms with E-state index in [1.54, 1.807) is 12.1 Å². The highest BCUT2D eigenvalue weighted by Crippen LogP contribution is 2.14. The number of nitrogens with zero attached hydrogens (tertiary/aromatic N) is 2. The molecule has 0 radical (unpaired) electrons. The van der Waals surface area contributed by atoms with E-state index >= 15 is 0 Å². The number of piperidine rings is 1. The molecule has 0 saturated carbocycles. The van der Waals surface area contributed by atoms with Gasteiger partial charge in [-0.05, 0) is 50.0 Å². The minimum Gasteiger partial charge on any atom is -0.313 e. The zero-order chi connectivity index (χ0) is 15.1. The van der Waals surface area contributed by atoms with Crippen LogP contribution in [0.1, 0.15) is 43.7 Å². The third-order valence-electron chi connectivity index (χ3n) is 3.99. The van der Waals surface area contributed by atoms with Crippen LogP contribution in [0.2, 0.25) is 0 Å². The first-order valence-electron chi connectivity index (χ1n) is 7.87. The maximum Gasteiger partial charge on any atom is 0.140 e. The Morgan fingerprint density at radius 3 is 2.95 bits per heavy atom. The molecule has 3 nitrogen and oxygen atoms in total. The Labute approximate surface area is 126 Å². The normalized spacial score (nSPS) is 18.7. The number of rotatable bonds is 6. The van der Waals surface area contributed by atoms with Crippen molar-refractivity contribution in [3.05, 3.63) is 35.1 Å². The Bertz CT molecular complexity index is 489. The Balaban J connectivity index is 1.99. The van der Waals surface area contributed by atoms with E-state index in [2.05, 4.69) is 17.1 Å². The second-order valence-electron chi connectivity index (χ2n) is 5.81. The molecule has 0 amide bonds. The number of nitriles is 1. The van der Waals surface area contributed by atoms with Crippen LogP contribution < -0.4 is 5.32 Å². The van der Waals surface area contributed by atoms with E-state index in [4.69, 9.17) is 5.26 Å². The molecule has 1 aliphatic rings. The summed E-state index contributed by atoms with van der Waals surface area (Å²) < 4.78 is 13.4. The van der Waals surface area contributed by atoms with Crippen LogP contribution in [0.15, 0.2) is 18.2 Å². The van der Waals surface area contributed by atoms with Crippen LogP contribution in [0.3, 0.4) is 0 Å². The minimum absolute atomic E-state index is 0.139. The number of hydrogen-bond acceptors (Lipinski definition) is 3. The van der Waals surface area contributed by atoms with Gasteiger partial charge in [-0.3, -0.25) is 4.90 Å². The van der Waals surface area contributed by atoms with Crippen LogP contribution in [0.5, 0.6) is 0 Å². The molecule has 1 unspecified atom stereocenters. The maximum absolute atomic E-state index is 13.4. The van der Waals surface area contributed by atoms with Crippen LogP contribution in [0.4, 0.5) is 4.39 Å². The number of nitrogens with one attached hydrogen (secondary N) is 1. The first-order chi connectivity index (χ1) is 10.2. The summed E-state index contributed by atoms with van der Waals surface area (Å²) in [4.78, 5) is 2.40. The molecule has 114 valence electrons. The van der Waals surface area contributed by atoms with Crippen molar-refractivity contribution < 1.29 is 4.39 Å². The van der Waals surface area contributed by atoms with Gasteiger partial charge in [0.15, 0.2) is 0 Å². The predicted molar refractivity (Wildman–Crippen MR) is 82.3 cm³/mol. The van der Waals surface area contributed by atoms with Crippen molar-refractivity contribution in [3.8, 4) is 6.07 Å². The van der Waals surface area contributed by atoms with Crippen LogP contribution >= 0.6 is 0 Å². The molecule has 0 spiro atoms. The van der Waals surface area contributed by atoms with E-state index in [0.29, 0.717) is 6.04 Å². The largest absolute Gasteiger partial charge is 0.313 e. The van der Waals surface area contributed by atoms with Crippen molar-refractivity contribution in [1.82, 2.24) is 10.2 Å². The van der Waals surface area contributed by atoms with Crippen molar-refractivity contribution in [1.29, 1.82) is 5.26 Å². The lowest BCUT2D eigenvalue weighted by Crippen LogP contribution is -2.43. The lowest BCUT2D eigenvalue weighted by Gasteiger charge is -2.30. The molecular formula is C17H24FN3. The predicted octanol–water partition coefficient (Wildman–Crippen LogP) is 3.05. The molecule has 1 N–H and O–H groups in total. The molecule has 1 aromatic rings. The summed E-state index contributed by atoms with van der Waals surface area (Å²) in [6.07, 6.45) is 4.90. The number of hydrogen-bond donors (Lipinski definition) is 1. The Hall–Kier alpha value is -1.44. The van der Waals surface area contributed by atoms with Crippen LogP contribution in [-0.4, -0.2) is 30.6 Å². The van der Waals surface area contributed by atoms with E-state index in [1.807, 2.05) is 6.07 Å².